The lowest BCUT2D eigenvalue weighted by atomic mass is 9.94. The molecule has 0 saturated carbocycles. The molecule has 2 unspecified atom stereocenters. The molecular formula is C12H18BrCl2N3O. The monoisotopic (exact) mass is 369 g/mol. The van der Waals surface area contributed by atoms with Gasteiger partial charge in [0.25, 0.3) is 5.91 Å². The first kappa shape index (κ1) is 18.6. The van der Waals surface area contributed by atoms with E-state index in [-0.39, 0.29) is 36.8 Å². The molecule has 0 aromatic carbocycles. The van der Waals surface area contributed by atoms with Gasteiger partial charge in [0.1, 0.15) is 0 Å². The molecular weight excluding hydrogens is 353 g/mol. The summed E-state index contributed by atoms with van der Waals surface area (Å²) in [6, 6.07) is 1.98. The van der Waals surface area contributed by atoms with Crippen LogP contribution in [0, 0.1) is 5.92 Å². The van der Waals surface area contributed by atoms with Gasteiger partial charge in [0.05, 0.1) is 5.56 Å². The predicted octanol–water partition coefficient (Wildman–Crippen LogP) is 2.42. The van der Waals surface area contributed by atoms with E-state index in [1.165, 1.54) is 0 Å². The van der Waals surface area contributed by atoms with Gasteiger partial charge in [-0.1, -0.05) is 6.92 Å². The Morgan fingerprint density at radius 1 is 1.47 bits per heavy atom. The van der Waals surface area contributed by atoms with E-state index >= 15 is 0 Å². The van der Waals surface area contributed by atoms with E-state index in [0.717, 1.165) is 24.0 Å². The lowest BCUT2D eigenvalue weighted by Crippen LogP contribution is -2.50. The van der Waals surface area contributed by atoms with Crippen LogP contribution in [0.5, 0.6) is 0 Å². The van der Waals surface area contributed by atoms with Gasteiger partial charge >= 0.3 is 0 Å². The quantitative estimate of drug-likeness (QED) is 0.840. The van der Waals surface area contributed by atoms with Gasteiger partial charge in [-0.15, -0.1) is 24.8 Å². The summed E-state index contributed by atoms with van der Waals surface area (Å²) in [6.07, 6.45) is 4.35. The fourth-order valence-corrected chi connectivity index (χ4v) is 2.34. The molecule has 1 aromatic heterocycles. The molecule has 2 atom stereocenters. The molecule has 2 heterocycles. The van der Waals surface area contributed by atoms with Crippen LogP contribution in [0.25, 0.3) is 0 Å². The van der Waals surface area contributed by atoms with Gasteiger partial charge in [-0.2, -0.15) is 0 Å². The SMILES string of the molecule is CC1CCNCC1NC(=O)c1cncc(Br)c1.Cl.Cl. The zero-order valence-corrected chi connectivity index (χ0v) is 13.8. The van der Waals surface area contributed by atoms with Gasteiger partial charge in [-0.05, 0) is 40.9 Å². The molecule has 0 radical (unpaired) electrons. The minimum absolute atomic E-state index is 0. The first-order valence-corrected chi connectivity index (χ1v) is 6.58. The van der Waals surface area contributed by atoms with E-state index in [1.807, 2.05) is 0 Å². The minimum Gasteiger partial charge on any atom is -0.348 e. The Hall–Kier alpha value is -0.360. The van der Waals surface area contributed by atoms with Crippen LogP contribution in [0.1, 0.15) is 23.7 Å². The third-order valence-electron chi connectivity index (χ3n) is 3.11. The van der Waals surface area contributed by atoms with Gasteiger partial charge in [0.2, 0.25) is 0 Å². The minimum atomic E-state index is -0.0562. The van der Waals surface area contributed by atoms with Crippen molar-refractivity contribution in [1.29, 1.82) is 0 Å². The number of aromatic nitrogens is 1. The van der Waals surface area contributed by atoms with Crippen molar-refractivity contribution in [3.05, 3.63) is 28.5 Å². The summed E-state index contributed by atoms with van der Waals surface area (Å²) in [7, 11) is 0. The Kier molecular flexibility index (Phi) is 8.57. The van der Waals surface area contributed by atoms with Crippen molar-refractivity contribution >= 4 is 46.7 Å². The van der Waals surface area contributed by atoms with Gasteiger partial charge in [-0.25, -0.2) is 0 Å². The number of carbonyl (C=O) groups excluding carboxylic acids is 1. The molecule has 19 heavy (non-hydrogen) atoms. The van der Waals surface area contributed by atoms with Crippen molar-refractivity contribution in [2.75, 3.05) is 13.1 Å². The highest BCUT2D eigenvalue weighted by atomic mass is 79.9. The van der Waals surface area contributed by atoms with E-state index in [9.17, 15) is 4.79 Å². The number of carbonyl (C=O) groups is 1. The van der Waals surface area contributed by atoms with Crippen molar-refractivity contribution in [3.8, 4) is 0 Å². The largest absolute Gasteiger partial charge is 0.348 e. The van der Waals surface area contributed by atoms with Crippen LogP contribution in [0.2, 0.25) is 0 Å². The number of nitrogens with one attached hydrogen (secondary N) is 2. The molecule has 1 aliphatic rings. The lowest BCUT2D eigenvalue weighted by Gasteiger charge is -2.30. The van der Waals surface area contributed by atoms with Gasteiger partial charge < -0.3 is 10.6 Å². The number of hydrogen-bond donors (Lipinski definition) is 2. The maximum Gasteiger partial charge on any atom is 0.253 e. The van der Waals surface area contributed by atoms with E-state index in [2.05, 4.69) is 38.5 Å². The molecule has 108 valence electrons. The number of halogens is 3. The van der Waals surface area contributed by atoms with E-state index in [4.69, 9.17) is 0 Å². The first-order chi connectivity index (χ1) is 8.16. The molecule has 2 N–H and O–H groups in total. The maximum atomic E-state index is 12.0. The highest BCUT2D eigenvalue weighted by Crippen LogP contribution is 2.13. The maximum absolute atomic E-state index is 12.0. The average Bonchev–Trinajstić information content (AvgIpc) is 2.32. The second kappa shape index (κ2) is 8.74. The summed E-state index contributed by atoms with van der Waals surface area (Å²) in [5, 5.41) is 6.34. The molecule has 7 heteroatoms. The molecule has 1 amide bonds. The molecule has 1 aromatic rings. The number of amides is 1. The standard InChI is InChI=1S/C12H16BrN3O.2ClH/c1-8-2-3-14-7-11(8)16-12(17)9-4-10(13)6-15-5-9;;/h4-6,8,11,14H,2-3,7H2,1H3,(H,16,17);2*1H. The fraction of sp³-hybridized carbons (Fsp3) is 0.500. The van der Waals surface area contributed by atoms with Crippen LogP contribution in [0.3, 0.4) is 0 Å². The summed E-state index contributed by atoms with van der Waals surface area (Å²) >= 11 is 3.31. The fourth-order valence-electron chi connectivity index (χ4n) is 1.97. The Balaban J connectivity index is 0.00000162. The summed E-state index contributed by atoms with van der Waals surface area (Å²) < 4.78 is 0.819. The molecule has 4 nitrogen and oxygen atoms in total. The molecule has 1 fully saturated rings. The number of hydrogen-bond acceptors (Lipinski definition) is 3. The smallest absolute Gasteiger partial charge is 0.253 e. The molecule has 1 aliphatic heterocycles. The highest BCUT2D eigenvalue weighted by molar-refractivity contribution is 9.10. The highest BCUT2D eigenvalue weighted by Gasteiger charge is 2.23. The summed E-state index contributed by atoms with van der Waals surface area (Å²) in [5.74, 6) is 0.458. The zero-order chi connectivity index (χ0) is 12.3. The summed E-state index contributed by atoms with van der Waals surface area (Å²) in [4.78, 5) is 16.0. The van der Waals surface area contributed by atoms with E-state index in [1.54, 1.807) is 18.5 Å². The molecule has 0 aliphatic carbocycles. The number of piperidine rings is 1. The van der Waals surface area contributed by atoms with E-state index < -0.39 is 0 Å². The Labute approximate surface area is 134 Å². The lowest BCUT2D eigenvalue weighted by molar-refractivity contribution is 0.0915. The van der Waals surface area contributed by atoms with Crippen LogP contribution in [-0.4, -0.2) is 30.0 Å². The Morgan fingerprint density at radius 3 is 2.84 bits per heavy atom. The van der Waals surface area contributed by atoms with Crippen LogP contribution < -0.4 is 10.6 Å². The second-order valence-corrected chi connectivity index (χ2v) is 5.36. The molecule has 0 spiro atoms. The Bertz CT molecular complexity index is 420. The van der Waals surface area contributed by atoms with Crippen molar-refractivity contribution in [2.45, 2.75) is 19.4 Å². The topological polar surface area (TPSA) is 54.0 Å². The average molecular weight is 371 g/mol. The summed E-state index contributed by atoms with van der Waals surface area (Å²) in [6.45, 7) is 4.05. The number of rotatable bonds is 2. The van der Waals surface area contributed by atoms with Crippen LogP contribution in [0.15, 0.2) is 22.9 Å². The zero-order valence-electron chi connectivity index (χ0n) is 10.6. The first-order valence-electron chi connectivity index (χ1n) is 5.79. The molecule has 1 saturated heterocycles. The number of nitrogens with zero attached hydrogens (tertiary/aromatic N) is 1. The van der Waals surface area contributed by atoms with Crippen LogP contribution in [-0.2, 0) is 0 Å². The van der Waals surface area contributed by atoms with Crippen molar-refractivity contribution < 1.29 is 4.79 Å². The number of pyridine rings is 1. The van der Waals surface area contributed by atoms with Gasteiger partial charge in [0.15, 0.2) is 0 Å². The molecule has 2 rings (SSSR count). The van der Waals surface area contributed by atoms with Crippen molar-refractivity contribution in [3.63, 3.8) is 0 Å². The normalized spacial score (nSPS) is 21.8. The predicted molar refractivity (Wildman–Crippen MR) is 84.3 cm³/mol. The Morgan fingerprint density at radius 2 is 2.21 bits per heavy atom. The van der Waals surface area contributed by atoms with Gasteiger partial charge in [-0.3, -0.25) is 9.78 Å². The third-order valence-corrected chi connectivity index (χ3v) is 3.54. The second-order valence-electron chi connectivity index (χ2n) is 4.44. The van der Waals surface area contributed by atoms with Crippen molar-refractivity contribution in [1.82, 2.24) is 15.6 Å². The van der Waals surface area contributed by atoms with Crippen molar-refractivity contribution in [2.24, 2.45) is 5.92 Å². The third kappa shape index (κ3) is 5.26. The molecule has 0 bridgehead atoms. The van der Waals surface area contributed by atoms with Crippen LogP contribution in [0.4, 0.5) is 0 Å². The van der Waals surface area contributed by atoms with Gasteiger partial charge in [0, 0.05) is 29.5 Å². The van der Waals surface area contributed by atoms with Crippen LogP contribution >= 0.6 is 40.7 Å². The van der Waals surface area contributed by atoms with E-state index in [0.29, 0.717) is 11.5 Å². The summed E-state index contributed by atoms with van der Waals surface area (Å²) in [5.41, 5.74) is 0.595.